The summed E-state index contributed by atoms with van der Waals surface area (Å²) in [6.45, 7) is 12.6. The number of methoxy groups -OCH3 is 1. The number of hydrogen-bond acceptors (Lipinski definition) is 8. The normalized spacial score (nSPS) is 20.1. The van der Waals surface area contributed by atoms with Crippen molar-refractivity contribution in [1.82, 2.24) is 19.8 Å². The zero-order chi connectivity index (χ0) is 33.5. The third kappa shape index (κ3) is 5.70. The van der Waals surface area contributed by atoms with E-state index in [-0.39, 0.29) is 37.8 Å². The van der Waals surface area contributed by atoms with Crippen molar-refractivity contribution in [2.75, 3.05) is 58.4 Å². The van der Waals surface area contributed by atoms with Crippen molar-refractivity contribution < 1.29 is 23.1 Å². The van der Waals surface area contributed by atoms with Gasteiger partial charge in [0.25, 0.3) is 5.91 Å². The fraction of sp³-hybridized carbons (Fsp3) is 0.333. The van der Waals surface area contributed by atoms with Crippen molar-refractivity contribution in [3.8, 4) is 17.1 Å². The summed E-state index contributed by atoms with van der Waals surface area (Å²) in [7, 11) is 3.76. The number of hydrogen-bond donors (Lipinski definition) is 0. The van der Waals surface area contributed by atoms with Gasteiger partial charge in [0.15, 0.2) is 5.83 Å². The Morgan fingerprint density at radius 2 is 1.94 bits per heavy atom. The molecule has 4 heterocycles. The molecule has 2 saturated heterocycles. The molecule has 246 valence electrons. The Bertz CT molecular complexity index is 2090. The molecule has 0 radical (unpaired) electrons. The van der Waals surface area contributed by atoms with Gasteiger partial charge >= 0.3 is 6.01 Å². The number of ether oxygens (including phenoxy) is 2. The Hall–Kier alpha value is -4.76. The monoisotopic (exact) mass is 668 g/mol. The highest BCUT2D eigenvalue weighted by Gasteiger charge is 2.36. The number of amides is 1. The van der Waals surface area contributed by atoms with Gasteiger partial charge in [-0.2, -0.15) is 9.97 Å². The standard InChI is InChI=1S/C36H34ClFN6O4/c1-21(38)35(45)44-13-12-43(18-24(44)17-39-2)34-32-30(40-36(41-34)48-20-23-15-25(46-4)19-42(23)3)16-28(27-11-14-47-33(27)32)26-9-5-7-22-8-6-10-29(37)31(22)26/h5-11,14,16,23-25H,1,12-13,15,17-20H2,3-4H3/t23-,24-,25+/m0/s1. The minimum atomic E-state index is -1.05. The third-order valence-electron chi connectivity index (χ3n) is 9.47. The second-order valence-electron chi connectivity index (χ2n) is 12.3. The van der Waals surface area contributed by atoms with Crippen molar-refractivity contribution in [3.63, 3.8) is 0 Å². The van der Waals surface area contributed by atoms with Crippen LogP contribution in [0.25, 0.3) is 48.6 Å². The number of halogens is 2. The summed E-state index contributed by atoms with van der Waals surface area (Å²) in [5, 5.41) is 4.09. The number of benzene rings is 3. The van der Waals surface area contributed by atoms with E-state index in [0.29, 0.717) is 40.5 Å². The number of nitrogens with zero attached hydrogens (tertiary/aromatic N) is 6. The molecule has 10 nitrogen and oxygen atoms in total. The Morgan fingerprint density at radius 1 is 1.12 bits per heavy atom. The summed E-state index contributed by atoms with van der Waals surface area (Å²) in [5.74, 6) is -1.30. The summed E-state index contributed by atoms with van der Waals surface area (Å²) in [6, 6.07) is 15.6. The van der Waals surface area contributed by atoms with Gasteiger partial charge in [0.1, 0.15) is 24.0 Å². The van der Waals surface area contributed by atoms with Gasteiger partial charge in [-0.3, -0.25) is 9.69 Å². The van der Waals surface area contributed by atoms with Gasteiger partial charge in [-0.25, -0.2) is 11.0 Å². The maximum Gasteiger partial charge on any atom is 0.319 e. The molecular weight excluding hydrogens is 635 g/mol. The number of aromatic nitrogens is 2. The quantitative estimate of drug-likeness (QED) is 0.139. The van der Waals surface area contributed by atoms with Crippen LogP contribution in [0.2, 0.25) is 5.02 Å². The van der Waals surface area contributed by atoms with Crippen LogP contribution in [0.5, 0.6) is 6.01 Å². The molecule has 1 amide bonds. The first-order chi connectivity index (χ1) is 23.3. The number of likely N-dealkylation sites (N-methyl/N-ethyl adjacent to an activating group) is 1. The number of likely N-dealkylation sites (tertiary alicyclic amines) is 1. The zero-order valence-corrected chi connectivity index (χ0v) is 27.4. The van der Waals surface area contributed by atoms with Crippen LogP contribution in [0.1, 0.15) is 6.42 Å². The van der Waals surface area contributed by atoms with E-state index in [9.17, 15) is 9.18 Å². The fourth-order valence-corrected chi connectivity index (χ4v) is 7.31. The van der Waals surface area contributed by atoms with Gasteiger partial charge in [0.05, 0.1) is 23.3 Å². The summed E-state index contributed by atoms with van der Waals surface area (Å²) >= 11 is 6.77. The Kier molecular flexibility index (Phi) is 8.64. The number of piperazine rings is 1. The van der Waals surface area contributed by atoms with Crippen LogP contribution in [-0.4, -0.2) is 97.4 Å². The highest BCUT2D eigenvalue weighted by Crippen LogP contribution is 2.43. The summed E-state index contributed by atoms with van der Waals surface area (Å²) in [5.41, 5.74) is 3.01. The molecule has 0 unspecified atom stereocenters. The highest BCUT2D eigenvalue weighted by molar-refractivity contribution is 6.37. The number of anilines is 1. The molecule has 12 heteroatoms. The van der Waals surface area contributed by atoms with Gasteiger partial charge in [0, 0.05) is 55.1 Å². The van der Waals surface area contributed by atoms with E-state index in [2.05, 4.69) is 16.3 Å². The summed E-state index contributed by atoms with van der Waals surface area (Å²) < 4.78 is 32.0. The van der Waals surface area contributed by atoms with Gasteiger partial charge in [0.2, 0.25) is 6.54 Å². The molecule has 0 saturated carbocycles. The molecule has 2 aliphatic heterocycles. The molecule has 0 spiro atoms. The van der Waals surface area contributed by atoms with E-state index in [1.54, 1.807) is 13.4 Å². The van der Waals surface area contributed by atoms with Gasteiger partial charge < -0.3 is 28.5 Å². The van der Waals surface area contributed by atoms with Crippen LogP contribution in [0.3, 0.4) is 0 Å². The van der Waals surface area contributed by atoms with Crippen LogP contribution in [-0.2, 0) is 9.53 Å². The van der Waals surface area contributed by atoms with E-state index in [1.165, 1.54) is 4.90 Å². The number of carbonyl (C=O) groups excluding carboxylic acids is 1. The van der Waals surface area contributed by atoms with Crippen LogP contribution in [0, 0.1) is 6.57 Å². The van der Waals surface area contributed by atoms with Crippen molar-refractivity contribution in [1.29, 1.82) is 0 Å². The Labute approximate surface area is 282 Å². The second kappa shape index (κ2) is 13.0. The van der Waals surface area contributed by atoms with Gasteiger partial charge in [-0.15, -0.1) is 0 Å². The first-order valence-electron chi connectivity index (χ1n) is 15.8. The molecule has 5 aromatic rings. The average molecular weight is 669 g/mol. The molecule has 2 aromatic heterocycles. The number of furan rings is 1. The van der Waals surface area contributed by atoms with E-state index in [1.807, 2.05) is 60.5 Å². The lowest BCUT2D eigenvalue weighted by Gasteiger charge is -2.39. The second-order valence-corrected chi connectivity index (χ2v) is 12.7. The van der Waals surface area contributed by atoms with Crippen LogP contribution in [0.15, 0.2) is 71.6 Å². The number of carbonyl (C=O) groups is 1. The molecule has 0 aliphatic carbocycles. The molecule has 7 rings (SSSR count). The first-order valence-corrected chi connectivity index (χ1v) is 16.1. The topological polar surface area (TPSA) is 88.5 Å². The maximum absolute atomic E-state index is 14.0. The SMILES string of the molecule is [C-]#[N+]C[C@H]1CN(c2nc(OC[C@@H]3C[C@@H](OC)CN3C)nc3cc(-c4cccc5cccc(Cl)c45)c4ccoc4c23)CCN1C(=O)C(=C)F. The smallest absolute Gasteiger partial charge is 0.319 e. The van der Waals surface area contributed by atoms with Crippen molar-refractivity contribution in [2.45, 2.75) is 24.6 Å². The minimum absolute atomic E-state index is 0.00126. The lowest BCUT2D eigenvalue weighted by molar-refractivity contribution is -0.131. The lowest BCUT2D eigenvalue weighted by atomic mass is 9.94. The first kappa shape index (κ1) is 31.8. The maximum atomic E-state index is 14.0. The molecular formula is C36H34ClFN6O4. The Balaban J connectivity index is 1.37. The minimum Gasteiger partial charge on any atom is -0.463 e. The van der Waals surface area contributed by atoms with Crippen LogP contribution >= 0.6 is 11.6 Å². The van der Waals surface area contributed by atoms with E-state index < -0.39 is 17.8 Å². The zero-order valence-electron chi connectivity index (χ0n) is 26.7. The summed E-state index contributed by atoms with van der Waals surface area (Å²) in [6.07, 6.45) is 2.58. The molecule has 3 atom stereocenters. The van der Waals surface area contributed by atoms with Crippen molar-refractivity contribution >= 4 is 56.0 Å². The lowest BCUT2D eigenvalue weighted by Crippen LogP contribution is -2.56. The van der Waals surface area contributed by atoms with E-state index in [0.717, 1.165) is 40.3 Å². The molecule has 0 N–H and O–H groups in total. The van der Waals surface area contributed by atoms with Gasteiger partial charge in [-0.05, 0) is 48.2 Å². The molecule has 2 aliphatic rings. The van der Waals surface area contributed by atoms with Crippen molar-refractivity contribution in [3.05, 3.63) is 83.6 Å². The third-order valence-corrected chi connectivity index (χ3v) is 9.79. The fourth-order valence-electron chi connectivity index (χ4n) is 7.03. The highest BCUT2D eigenvalue weighted by atomic mass is 35.5. The number of fused-ring (bicyclic) bond motifs is 4. The molecule has 2 fully saturated rings. The largest absolute Gasteiger partial charge is 0.463 e. The Morgan fingerprint density at radius 3 is 2.69 bits per heavy atom. The average Bonchev–Trinajstić information content (AvgIpc) is 3.73. The van der Waals surface area contributed by atoms with Crippen LogP contribution in [0.4, 0.5) is 10.2 Å². The summed E-state index contributed by atoms with van der Waals surface area (Å²) in [4.78, 5) is 31.6. The van der Waals surface area contributed by atoms with Crippen LogP contribution < -0.4 is 9.64 Å². The molecule has 3 aromatic carbocycles. The van der Waals surface area contributed by atoms with Crippen molar-refractivity contribution in [2.24, 2.45) is 0 Å². The molecule has 48 heavy (non-hydrogen) atoms. The predicted molar refractivity (Wildman–Crippen MR) is 184 cm³/mol. The molecule has 0 bridgehead atoms. The van der Waals surface area contributed by atoms with E-state index in [4.69, 9.17) is 42.0 Å². The number of rotatable bonds is 8. The predicted octanol–water partition coefficient (Wildman–Crippen LogP) is 6.37. The van der Waals surface area contributed by atoms with E-state index >= 15 is 0 Å². The van der Waals surface area contributed by atoms with Gasteiger partial charge in [-0.1, -0.05) is 48.5 Å².